The van der Waals surface area contributed by atoms with Crippen molar-refractivity contribution in [2.75, 3.05) is 7.05 Å². The van der Waals surface area contributed by atoms with Crippen molar-refractivity contribution < 1.29 is 9.59 Å². The maximum Gasteiger partial charge on any atom is 0.240 e. The van der Waals surface area contributed by atoms with Crippen LogP contribution in [0.4, 0.5) is 5.69 Å². The van der Waals surface area contributed by atoms with E-state index in [9.17, 15) is 9.59 Å². The Balaban J connectivity index is 2.12. The van der Waals surface area contributed by atoms with E-state index in [2.05, 4.69) is 10.3 Å². The van der Waals surface area contributed by atoms with Crippen molar-refractivity contribution in [1.82, 2.24) is 5.01 Å². The van der Waals surface area contributed by atoms with Gasteiger partial charge in [0.2, 0.25) is 5.91 Å². The molecule has 0 fully saturated rings. The van der Waals surface area contributed by atoms with Gasteiger partial charge in [0.25, 0.3) is 0 Å². The summed E-state index contributed by atoms with van der Waals surface area (Å²) in [6, 6.07) is 15.8. The molecule has 2 aromatic carbocycles. The number of carbonyl (C=O) groups is 2. The molecule has 0 aliphatic rings. The fourth-order valence-electron chi connectivity index (χ4n) is 1.62. The molecule has 21 heavy (non-hydrogen) atoms. The Hall–Kier alpha value is -2.82. The van der Waals surface area contributed by atoms with Gasteiger partial charge in [-0.1, -0.05) is 35.6 Å². The van der Waals surface area contributed by atoms with Crippen molar-refractivity contribution in [3.63, 3.8) is 0 Å². The van der Waals surface area contributed by atoms with Crippen LogP contribution in [0.3, 0.4) is 0 Å². The average molecular weight is 281 g/mol. The van der Waals surface area contributed by atoms with Gasteiger partial charge in [0, 0.05) is 25.1 Å². The fourth-order valence-corrected chi connectivity index (χ4v) is 1.62. The summed E-state index contributed by atoms with van der Waals surface area (Å²) in [5, 5.41) is 8.81. The number of hydrogen-bond acceptors (Lipinski definition) is 4. The highest BCUT2D eigenvalue weighted by molar-refractivity contribution is 6.09. The van der Waals surface area contributed by atoms with Gasteiger partial charge >= 0.3 is 0 Å². The molecule has 0 aromatic heterocycles. The van der Waals surface area contributed by atoms with Crippen LogP contribution in [0.15, 0.2) is 64.9 Å². The van der Waals surface area contributed by atoms with Gasteiger partial charge in [-0.05, 0) is 24.3 Å². The minimum atomic E-state index is -0.199. The molecule has 0 atom stereocenters. The third-order valence-electron chi connectivity index (χ3n) is 2.92. The fraction of sp³-hybridized carbons (Fsp3) is 0.125. The number of ketones is 1. The van der Waals surface area contributed by atoms with E-state index in [0.717, 1.165) is 5.01 Å². The summed E-state index contributed by atoms with van der Waals surface area (Å²) < 4.78 is 0. The Bertz CT molecular complexity index is 664. The molecule has 0 saturated heterocycles. The number of amides is 1. The lowest BCUT2D eigenvalue weighted by Gasteiger charge is -2.04. The van der Waals surface area contributed by atoms with E-state index >= 15 is 0 Å². The second kappa shape index (κ2) is 6.56. The van der Waals surface area contributed by atoms with Gasteiger partial charge in [0.15, 0.2) is 5.78 Å². The first-order valence-electron chi connectivity index (χ1n) is 6.43. The van der Waals surface area contributed by atoms with Crippen molar-refractivity contribution in [1.29, 1.82) is 0 Å². The molecule has 0 heterocycles. The minimum absolute atomic E-state index is 0.0417. The molecule has 106 valence electrons. The second-order valence-electron chi connectivity index (χ2n) is 4.47. The zero-order chi connectivity index (χ0) is 15.2. The number of carbonyl (C=O) groups excluding carboxylic acids is 2. The Labute approximate surface area is 122 Å². The molecular formula is C16H15N3O2. The molecule has 0 unspecified atom stereocenters. The van der Waals surface area contributed by atoms with E-state index in [1.54, 1.807) is 36.4 Å². The van der Waals surface area contributed by atoms with Crippen LogP contribution in [-0.2, 0) is 4.79 Å². The first-order valence-corrected chi connectivity index (χ1v) is 6.43. The second-order valence-corrected chi connectivity index (χ2v) is 4.47. The first kappa shape index (κ1) is 14.6. The highest BCUT2D eigenvalue weighted by atomic mass is 16.2. The third-order valence-corrected chi connectivity index (χ3v) is 2.92. The van der Waals surface area contributed by atoms with Crippen LogP contribution in [0.2, 0.25) is 0 Å². The van der Waals surface area contributed by atoms with Crippen LogP contribution in [-0.4, -0.2) is 23.7 Å². The number of rotatable bonds is 4. The highest BCUT2D eigenvalue weighted by Crippen LogP contribution is 2.16. The zero-order valence-electron chi connectivity index (χ0n) is 11.9. The predicted molar refractivity (Wildman–Crippen MR) is 79.3 cm³/mol. The monoisotopic (exact) mass is 281 g/mol. The van der Waals surface area contributed by atoms with Crippen LogP contribution < -0.4 is 0 Å². The molecule has 0 aliphatic heterocycles. The van der Waals surface area contributed by atoms with Gasteiger partial charge in [-0.15, -0.1) is 5.11 Å². The quantitative estimate of drug-likeness (QED) is 0.490. The summed E-state index contributed by atoms with van der Waals surface area (Å²) in [5.74, 6) is -0.241. The molecule has 0 N–H and O–H groups in total. The smallest absolute Gasteiger partial charge is 0.240 e. The van der Waals surface area contributed by atoms with Crippen LogP contribution in [0.5, 0.6) is 0 Å². The third kappa shape index (κ3) is 3.82. The lowest BCUT2D eigenvalue weighted by molar-refractivity contribution is -0.127. The van der Waals surface area contributed by atoms with Gasteiger partial charge in [0.1, 0.15) is 0 Å². The van der Waals surface area contributed by atoms with Crippen LogP contribution in [0.25, 0.3) is 0 Å². The zero-order valence-corrected chi connectivity index (χ0v) is 11.9. The Morgan fingerprint density at radius 1 is 0.905 bits per heavy atom. The van der Waals surface area contributed by atoms with Crippen LogP contribution >= 0.6 is 0 Å². The molecular weight excluding hydrogens is 266 g/mol. The van der Waals surface area contributed by atoms with E-state index in [1.165, 1.54) is 14.0 Å². The summed E-state index contributed by atoms with van der Waals surface area (Å²) in [4.78, 5) is 23.2. The highest BCUT2D eigenvalue weighted by Gasteiger charge is 2.08. The molecule has 0 saturated carbocycles. The predicted octanol–water partition coefficient (Wildman–Crippen LogP) is 3.39. The lowest BCUT2D eigenvalue weighted by Crippen LogP contribution is -2.15. The average Bonchev–Trinajstić information content (AvgIpc) is 2.53. The van der Waals surface area contributed by atoms with Gasteiger partial charge in [-0.3, -0.25) is 9.59 Å². The van der Waals surface area contributed by atoms with Crippen molar-refractivity contribution in [3.8, 4) is 0 Å². The molecule has 0 spiro atoms. The number of nitrogens with zero attached hydrogens (tertiary/aromatic N) is 3. The topological polar surface area (TPSA) is 62.1 Å². The molecule has 1 amide bonds. The molecule has 2 aromatic rings. The van der Waals surface area contributed by atoms with Gasteiger partial charge < -0.3 is 0 Å². The molecule has 0 aliphatic carbocycles. The Kier molecular flexibility index (Phi) is 4.56. The standard InChI is InChI=1S/C16H15N3O2/c1-12(20)19(2)18-17-15-10-8-14(9-11-15)16(21)13-6-4-3-5-7-13/h3-11H,1-2H3. The largest absolute Gasteiger partial charge is 0.289 e. The van der Waals surface area contributed by atoms with E-state index in [1.807, 2.05) is 18.2 Å². The summed E-state index contributed by atoms with van der Waals surface area (Å²) in [7, 11) is 1.53. The molecule has 2 rings (SSSR count). The van der Waals surface area contributed by atoms with Gasteiger partial charge in [0.05, 0.1) is 5.69 Å². The Morgan fingerprint density at radius 2 is 1.48 bits per heavy atom. The van der Waals surface area contributed by atoms with Crippen LogP contribution in [0, 0.1) is 0 Å². The van der Waals surface area contributed by atoms with Crippen molar-refractivity contribution in [2.45, 2.75) is 6.92 Å². The van der Waals surface area contributed by atoms with E-state index in [4.69, 9.17) is 0 Å². The number of benzene rings is 2. The molecule has 5 heteroatoms. The maximum absolute atomic E-state index is 12.2. The number of hydrogen-bond donors (Lipinski definition) is 0. The molecule has 0 radical (unpaired) electrons. The van der Waals surface area contributed by atoms with E-state index in [0.29, 0.717) is 16.8 Å². The van der Waals surface area contributed by atoms with Crippen LogP contribution in [0.1, 0.15) is 22.8 Å². The molecule has 5 nitrogen and oxygen atoms in total. The SMILES string of the molecule is CC(=O)N(C)N=Nc1ccc(C(=O)c2ccccc2)cc1. The van der Waals surface area contributed by atoms with Gasteiger partial charge in [-0.25, -0.2) is 5.01 Å². The minimum Gasteiger partial charge on any atom is -0.289 e. The van der Waals surface area contributed by atoms with Crippen molar-refractivity contribution in [2.24, 2.45) is 10.3 Å². The van der Waals surface area contributed by atoms with Crippen molar-refractivity contribution >= 4 is 17.4 Å². The first-order chi connectivity index (χ1) is 10.1. The summed E-state index contributed by atoms with van der Waals surface area (Å²) in [6.07, 6.45) is 0. The summed E-state index contributed by atoms with van der Waals surface area (Å²) in [6.45, 7) is 1.40. The van der Waals surface area contributed by atoms with Crippen molar-refractivity contribution in [3.05, 3.63) is 65.7 Å². The van der Waals surface area contributed by atoms with E-state index in [-0.39, 0.29) is 11.7 Å². The van der Waals surface area contributed by atoms with Gasteiger partial charge in [-0.2, -0.15) is 0 Å². The maximum atomic E-state index is 12.2. The molecule has 0 bridgehead atoms. The summed E-state index contributed by atoms with van der Waals surface area (Å²) in [5.41, 5.74) is 1.80. The normalized spacial score (nSPS) is 10.6. The Morgan fingerprint density at radius 3 is 2.05 bits per heavy atom. The van der Waals surface area contributed by atoms with E-state index < -0.39 is 0 Å². The lowest BCUT2D eigenvalue weighted by atomic mass is 10.0. The summed E-state index contributed by atoms with van der Waals surface area (Å²) >= 11 is 0.